The summed E-state index contributed by atoms with van der Waals surface area (Å²) < 4.78 is 6.35. The first-order chi connectivity index (χ1) is 8.85. The molecule has 0 amide bonds. The Balaban J connectivity index is 1.60. The first-order valence-electron chi connectivity index (χ1n) is 7.78. The molecule has 0 aromatic carbocycles. The monoisotopic (exact) mass is 268 g/mol. The summed E-state index contributed by atoms with van der Waals surface area (Å²) in [5, 5.41) is 0. The van der Waals surface area contributed by atoms with Gasteiger partial charge >= 0.3 is 0 Å². The van der Waals surface area contributed by atoms with Gasteiger partial charge in [-0.25, -0.2) is 0 Å². The van der Waals surface area contributed by atoms with Crippen LogP contribution in [0, 0.1) is 0 Å². The summed E-state index contributed by atoms with van der Waals surface area (Å²) in [5.74, 6) is 1.37. The molecule has 1 aliphatic heterocycles. The molecule has 0 aromatic heterocycles. The fraction of sp³-hybridized carbons (Fsp3) is 0.875. The highest BCUT2D eigenvalue weighted by molar-refractivity contribution is 8.00. The van der Waals surface area contributed by atoms with Gasteiger partial charge in [-0.15, -0.1) is 0 Å². The predicted molar refractivity (Wildman–Crippen MR) is 81.1 cm³/mol. The van der Waals surface area contributed by atoms with Crippen LogP contribution in [-0.4, -0.2) is 17.1 Å². The minimum Gasteiger partial charge on any atom is -0.501 e. The van der Waals surface area contributed by atoms with E-state index in [0.717, 1.165) is 6.61 Å². The van der Waals surface area contributed by atoms with Crippen molar-refractivity contribution in [1.29, 1.82) is 0 Å². The Kier molecular flexibility index (Phi) is 5.94. The second-order valence-electron chi connectivity index (χ2n) is 5.80. The maximum Gasteiger partial charge on any atom is 0.0873 e. The zero-order valence-corrected chi connectivity index (χ0v) is 12.7. The molecule has 1 saturated heterocycles. The van der Waals surface area contributed by atoms with Crippen LogP contribution >= 0.6 is 11.8 Å². The Morgan fingerprint density at radius 2 is 2.06 bits per heavy atom. The Labute approximate surface area is 117 Å². The van der Waals surface area contributed by atoms with Gasteiger partial charge in [-0.3, -0.25) is 0 Å². The molecular weight excluding hydrogens is 240 g/mol. The van der Waals surface area contributed by atoms with Crippen LogP contribution in [0.5, 0.6) is 0 Å². The first-order valence-corrected chi connectivity index (χ1v) is 8.77. The third-order valence-corrected chi connectivity index (χ3v) is 6.27. The Morgan fingerprint density at radius 1 is 1.22 bits per heavy atom. The molecule has 1 unspecified atom stereocenters. The molecule has 1 atom stereocenters. The third-order valence-electron chi connectivity index (χ3n) is 4.47. The molecule has 1 saturated carbocycles. The molecule has 2 heteroatoms. The summed E-state index contributed by atoms with van der Waals surface area (Å²) in [6.45, 7) is 3.27. The molecular formula is C16H28OS. The molecule has 0 radical (unpaired) electrons. The highest BCUT2D eigenvalue weighted by atomic mass is 32.2. The number of allylic oxidation sites excluding steroid dienone is 1. The topological polar surface area (TPSA) is 9.23 Å². The summed E-state index contributed by atoms with van der Waals surface area (Å²) >= 11 is 2.20. The molecule has 0 bridgehead atoms. The van der Waals surface area contributed by atoms with Crippen LogP contribution in [0.4, 0.5) is 0 Å². The van der Waals surface area contributed by atoms with Crippen molar-refractivity contribution >= 4 is 11.8 Å². The summed E-state index contributed by atoms with van der Waals surface area (Å²) in [7, 11) is 0. The van der Waals surface area contributed by atoms with Crippen LogP contribution in [0.15, 0.2) is 11.8 Å². The summed E-state index contributed by atoms with van der Waals surface area (Å²) in [6, 6.07) is 0. The number of ether oxygens (including phenoxy) is 1. The van der Waals surface area contributed by atoms with Crippen molar-refractivity contribution in [3.63, 3.8) is 0 Å². The minimum atomic E-state index is 0.599. The van der Waals surface area contributed by atoms with Crippen LogP contribution in [0.1, 0.15) is 71.1 Å². The van der Waals surface area contributed by atoms with E-state index in [1.165, 1.54) is 70.0 Å². The number of hydrogen-bond donors (Lipinski definition) is 0. The van der Waals surface area contributed by atoms with Gasteiger partial charge in [0, 0.05) is 4.75 Å². The highest BCUT2D eigenvalue weighted by Crippen LogP contribution is 2.44. The number of thioether (sulfide) groups is 1. The van der Waals surface area contributed by atoms with E-state index >= 15 is 0 Å². The van der Waals surface area contributed by atoms with Crippen LogP contribution in [0.2, 0.25) is 0 Å². The van der Waals surface area contributed by atoms with E-state index in [1.807, 2.05) is 0 Å². The normalized spacial score (nSPS) is 28.4. The second kappa shape index (κ2) is 7.47. The lowest BCUT2D eigenvalue weighted by molar-refractivity contribution is 0.230. The minimum absolute atomic E-state index is 0.599. The Hall–Kier alpha value is -0.110. The predicted octanol–water partition coefficient (Wildman–Crippen LogP) is 5.31. The maximum atomic E-state index is 5.75. The molecule has 2 rings (SSSR count). The highest BCUT2D eigenvalue weighted by Gasteiger charge is 2.31. The smallest absolute Gasteiger partial charge is 0.0873 e. The molecule has 2 aliphatic rings. The van der Waals surface area contributed by atoms with Gasteiger partial charge in [-0.2, -0.15) is 11.8 Å². The Morgan fingerprint density at radius 3 is 2.72 bits per heavy atom. The maximum absolute atomic E-state index is 5.75. The van der Waals surface area contributed by atoms with Gasteiger partial charge in [0.05, 0.1) is 12.9 Å². The zero-order valence-electron chi connectivity index (χ0n) is 11.9. The van der Waals surface area contributed by atoms with Gasteiger partial charge in [0.2, 0.25) is 0 Å². The van der Waals surface area contributed by atoms with Crippen molar-refractivity contribution in [3.8, 4) is 0 Å². The van der Waals surface area contributed by atoms with Crippen molar-refractivity contribution in [1.82, 2.24) is 0 Å². The SMILES string of the molecule is CCC1(CCCOC=C2CCCCC2)CCCS1. The molecule has 18 heavy (non-hydrogen) atoms. The number of hydrogen-bond acceptors (Lipinski definition) is 2. The molecule has 104 valence electrons. The third kappa shape index (κ3) is 4.22. The summed E-state index contributed by atoms with van der Waals surface area (Å²) in [6.07, 6.45) is 15.5. The van der Waals surface area contributed by atoms with Gasteiger partial charge in [0.25, 0.3) is 0 Å². The average Bonchev–Trinajstić information content (AvgIpc) is 2.89. The number of rotatable bonds is 6. The molecule has 0 spiro atoms. The summed E-state index contributed by atoms with van der Waals surface area (Å²) in [4.78, 5) is 0. The van der Waals surface area contributed by atoms with Crippen molar-refractivity contribution in [2.24, 2.45) is 0 Å². The quantitative estimate of drug-likeness (QED) is 0.477. The van der Waals surface area contributed by atoms with Gasteiger partial charge < -0.3 is 4.74 Å². The van der Waals surface area contributed by atoms with E-state index < -0.39 is 0 Å². The van der Waals surface area contributed by atoms with Gasteiger partial charge in [0.15, 0.2) is 0 Å². The summed E-state index contributed by atoms with van der Waals surface area (Å²) in [5.41, 5.74) is 1.54. The lowest BCUT2D eigenvalue weighted by Gasteiger charge is -2.26. The molecule has 1 nitrogen and oxygen atoms in total. The van der Waals surface area contributed by atoms with Crippen molar-refractivity contribution in [2.45, 2.75) is 75.9 Å². The zero-order chi connectivity index (χ0) is 12.7. The van der Waals surface area contributed by atoms with Crippen molar-refractivity contribution in [3.05, 3.63) is 11.8 Å². The molecule has 0 aromatic rings. The van der Waals surface area contributed by atoms with Crippen molar-refractivity contribution < 1.29 is 4.74 Å². The van der Waals surface area contributed by atoms with Gasteiger partial charge in [0.1, 0.15) is 0 Å². The fourth-order valence-corrected chi connectivity index (χ4v) is 4.69. The standard InChI is InChI=1S/C16H28OS/c1-2-16(11-7-13-18-16)10-6-12-17-14-15-8-4-3-5-9-15/h14H,2-13H2,1H3. The lowest BCUT2D eigenvalue weighted by Crippen LogP contribution is -2.20. The van der Waals surface area contributed by atoms with E-state index in [4.69, 9.17) is 4.74 Å². The fourth-order valence-electron chi connectivity index (χ4n) is 3.19. The van der Waals surface area contributed by atoms with E-state index in [9.17, 15) is 0 Å². The van der Waals surface area contributed by atoms with E-state index in [1.54, 1.807) is 5.57 Å². The average molecular weight is 268 g/mol. The van der Waals surface area contributed by atoms with Gasteiger partial charge in [-0.05, 0) is 69.1 Å². The van der Waals surface area contributed by atoms with Crippen molar-refractivity contribution in [2.75, 3.05) is 12.4 Å². The largest absolute Gasteiger partial charge is 0.501 e. The van der Waals surface area contributed by atoms with E-state index in [0.29, 0.717) is 4.75 Å². The molecule has 1 heterocycles. The molecule has 2 fully saturated rings. The van der Waals surface area contributed by atoms with E-state index in [-0.39, 0.29) is 0 Å². The lowest BCUT2D eigenvalue weighted by atomic mass is 9.95. The van der Waals surface area contributed by atoms with Crippen LogP contribution in [0.3, 0.4) is 0 Å². The van der Waals surface area contributed by atoms with Crippen LogP contribution in [-0.2, 0) is 4.74 Å². The first kappa shape index (κ1) is 14.3. The molecule has 0 N–H and O–H groups in total. The molecule has 1 aliphatic carbocycles. The van der Waals surface area contributed by atoms with E-state index in [2.05, 4.69) is 24.9 Å². The van der Waals surface area contributed by atoms with Crippen LogP contribution in [0.25, 0.3) is 0 Å². The van der Waals surface area contributed by atoms with Crippen LogP contribution < -0.4 is 0 Å². The van der Waals surface area contributed by atoms with Gasteiger partial charge in [-0.1, -0.05) is 13.3 Å². The Bertz CT molecular complexity index is 258. The second-order valence-corrected chi connectivity index (χ2v) is 7.36.